The van der Waals surface area contributed by atoms with Gasteiger partial charge in [-0.3, -0.25) is 20.8 Å². The predicted octanol–water partition coefficient (Wildman–Crippen LogP) is 1.58. The minimum absolute atomic E-state index is 0.0812. The summed E-state index contributed by atoms with van der Waals surface area (Å²) < 4.78 is 0. The van der Waals surface area contributed by atoms with Crippen molar-refractivity contribution in [3.05, 3.63) is 50.0 Å². The molecule has 4 N–H and O–H groups in total. The first-order valence-corrected chi connectivity index (χ1v) is 6.77. The first kappa shape index (κ1) is 14.9. The van der Waals surface area contributed by atoms with Crippen LogP contribution < -0.4 is 16.6 Å². The van der Waals surface area contributed by atoms with Gasteiger partial charge in [-0.1, -0.05) is 0 Å². The number of thiazole rings is 1. The number of nitrogens with one attached hydrogen (secondary N) is 2. The van der Waals surface area contributed by atoms with Crippen LogP contribution in [0.3, 0.4) is 0 Å². The van der Waals surface area contributed by atoms with E-state index >= 15 is 0 Å². The lowest BCUT2D eigenvalue weighted by atomic mass is 10.1. The predicted molar refractivity (Wildman–Crippen MR) is 78.9 cm³/mol. The number of aryl methyl sites for hydroxylation is 1. The average molecular weight is 307 g/mol. The van der Waals surface area contributed by atoms with Crippen molar-refractivity contribution in [1.82, 2.24) is 10.3 Å². The van der Waals surface area contributed by atoms with Crippen molar-refractivity contribution in [2.45, 2.75) is 13.5 Å². The Kier molecular flexibility index (Phi) is 4.45. The van der Waals surface area contributed by atoms with Crippen LogP contribution in [0.2, 0.25) is 0 Å². The van der Waals surface area contributed by atoms with Gasteiger partial charge in [-0.15, -0.1) is 11.3 Å². The Labute approximate surface area is 124 Å². The number of nitro benzene ring substituents is 1. The quantitative estimate of drug-likeness (QED) is 0.438. The molecule has 0 radical (unpaired) electrons. The highest BCUT2D eigenvalue weighted by Crippen LogP contribution is 2.24. The lowest BCUT2D eigenvalue weighted by molar-refractivity contribution is -0.384. The van der Waals surface area contributed by atoms with Crippen LogP contribution in [0.25, 0.3) is 0 Å². The van der Waals surface area contributed by atoms with Gasteiger partial charge in [-0.05, 0) is 19.1 Å². The topological polar surface area (TPSA) is 123 Å². The maximum Gasteiger partial charge on any atom is 0.293 e. The molecule has 21 heavy (non-hydrogen) atoms. The number of benzene rings is 1. The Bertz CT molecular complexity index is 685. The average Bonchev–Trinajstić information content (AvgIpc) is 2.89. The van der Waals surface area contributed by atoms with Crippen molar-refractivity contribution in [2.24, 2.45) is 5.84 Å². The van der Waals surface area contributed by atoms with Crippen molar-refractivity contribution >= 4 is 28.6 Å². The Morgan fingerprint density at radius 2 is 2.29 bits per heavy atom. The van der Waals surface area contributed by atoms with Crippen molar-refractivity contribution in [3.63, 3.8) is 0 Å². The third-order valence-corrected chi connectivity index (χ3v) is 3.59. The summed E-state index contributed by atoms with van der Waals surface area (Å²) in [6.07, 6.45) is 1.73. The van der Waals surface area contributed by atoms with Crippen LogP contribution in [-0.2, 0) is 6.54 Å². The third-order valence-electron chi connectivity index (χ3n) is 2.68. The van der Waals surface area contributed by atoms with Crippen LogP contribution in [0.1, 0.15) is 20.2 Å². The summed E-state index contributed by atoms with van der Waals surface area (Å²) in [7, 11) is 0. The third kappa shape index (κ3) is 3.52. The summed E-state index contributed by atoms with van der Waals surface area (Å²) >= 11 is 1.49. The molecule has 0 aliphatic heterocycles. The van der Waals surface area contributed by atoms with Crippen molar-refractivity contribution in [1.29, 1.82) is 0 Å². The summed E-state index contributed by atoms with van der Waals surface area (Å²) in [4.78, 5) is 27.4. The lowest BCUT2D eigenvalue weighted by Crippen LogP contribution is -2.23. The molecule has 2 aromatic rings. The van der Waals surface area contributed by atoms with E-state index in [1.54, 1.807) is 6.20 Å². The Hall–Kier alpha value is -2.52. The molecule has 0 bridgehead atoms. The van der Waals surface area contributed by atoms with Gasteiger partial charge in [-0.25, -0.2) is 4.98 Å². The first-order valence-electron chi connectivity index (χ1n) is 5.96. The maximum atomic E-state index is 12.0. The fourth-order valence-electron chi connectivity index (χ4n) is 1.69. The number of rotatable bonds is 5. The molecule has 0 unspecified atom stereocenters. The van der Waals surface area contributed by atoms with Gasteiger partial charge >= 0.3 is 0 Å². The number of amides is 1. The van der Waals surface area contributed by atoms with E-state index in [0.717, 1.165) is 9.88 Å². The van der Waals surface area contributed by atoms with E-state index in [2.05, 4.69) is 15.7 Å². The normalized spacial score (nSPS) is 10.2. The van der Waals surface area contributed by atoms with E-state index in [-0.39, 0.29) is 22.8 Å². The summed E-state index contributed by atoms with van der Waals surface area (Å²) in [5.41, 5.74) is 2.39. The highest BCUT2D eigenvalue weighted by molar-refractivity contribution is 7.11. The van der Waals surface area contributed by atoms with Crippen molar-refractivity contribution in [3.8, 4) is 0 Å². The van der Waals surface area contributed by atoms with Crippen LogP contribution >= 0.6 is 11.3 Å². The minimum Gasteiger partial charge on any atom is -0.346 e. The van der Waals surface area contributed by atoms with Gasteiger partial charge in [0.1, 0.15) is 10.7 Å². The summed E-state index contributed by atoms with van der Waals surface area (Å²) in [5, 5.41) is 14.3. The molecular weight excluding hydrogens is 294 g/mol. The number of anilines is 1. The molecule has 2 rings (SSSR count). The fourth-order valence-corrected chi connectivity index (χ4v) is 2.42. The molecule has 0 saturated heterocycles. The van der Waals surface area contributed by atoms with E-state index < -0.39 is 4.92 Å². The molecule has 8 nitrogen and oxygen atoms in total. The Morgan fingerprint density at radius 1 is 1.52 bits per heavy atom. The number of carbonyl (C=O) groups excluding carboxylic acids is 1. The number of aromatic nitrogens is 1. The Morgan fingerprint density at radius 3 is 2.86 bits per heavy atom. The fraction of sp³-hybridized carbons (Fsp3) is 0.167. The number of nitrogens with zero attached hydrogens (tertiary/aromatic N) is 2. The molecule has 1 aromatic heterocycles. The van der Waals surface area contributed by atoms with Crippen molar-refractivity contribution in [2.75, 3.05) is 5.43 Å². The molecule has 0 atom stereocenters. The van der Waals surface area contributed by atoms with Gasteiger partial charge in [0.2, 0.25) is 0 Å². The molecule has 1 heterocycles. The monoisotopic (exact) mass is 307 g/mol. The van der Waals surface area contributed by atoms with E-state index in [4.69, 9.17) is 5.84 Å². The SMILES string of the molecule is Cc1cnc(CNC(=O)c2ccc([N+](=O)[O-])c(NN)c2)s1. The largest absolute Gasteiger partial charge is 0.346 e. The summed E-state index contributed by atoms with van der Waals surface area (Å²) in [6.45, 7) is 2.23. The van der Waals surface area contributed by atoms with Gasteiger partial charge in [-0.2, -0.15) is 0 Å². The molecule has 0 aliphatic carbocycles. The standard InChI is InChI=1S/C12H13N5O3S/c1-7-5-14-11(21-7)6-15-12(18)8-2-3-10(17(19)20)9(4-8)16-13/h2-5,16H,6,13H2,1H3,(H,15,18). The van der Waals surface area contributed by atoms with E-state index in [1.165, 1.54) is 29.5 Å². The number of nitrogens with two attached hydrogens (primary N) is 1. The zero-order valence-corrected chi connectivity index (χ0v) is 11.9. The van der Waals surface area contributed by atoms with Gasteiger partial charge in [0.15, 0.2) is 0 Å². The maximum absolute atomic E-state index is 12.0. The first-order chi connectivity index (χ1) is 10.0. The lowest BCUT2D eigenvalue weighted by Gasteiger charge is -2.06. The highest BCUT2D eigenvalue weighted by atomic mass is 32.1. The minimum atomic E-state index is -0.574. The van der Waals surface area contributed by atoms with Crippen LogP contribution in [0.4, 0.5) is 11.4 Å². The molecule has 1 aromatic carbocycles. The van der Waals surface area contributed by atoms with E-state index in [1.807, 2.05) is 6.92 Å². The number of hydrogen-bond donors (Lipinski definition) is 3. The number of nitro groups is 1. The molecule has 9 heteroatoms. The molecule has 0 fully saturated rings. The highest BCUT2D eigenvalue weighted by Gasteiger charge is 2.16. The van der Waals surface area contributed by atoms with Gasteiger partial charge in [0.05, 0.1) is 11.5 Å². The molecule has 0 spiro atoms. The smallest absolute Gasteiger partial charge is 0.293 e. The van der Waals surface area contributed by atoms with Gasteiger partial charge < -0.3 is 10.7 Å². The number of hydrazine groups is 1. The molecular formula is C12H13N5O3S. The molecule has 0 saturated carbocycles. The second kappa shape index (κ2) is 6.29. The molecule has 1 amide bonds. The van der Waals surface area contributed by atoms with E-state index in [9.17, 15) is 14.9 Å². The second-order valence-corrected chi connectivity index (χ2v) is 5.50. The summed E-state index contributed by atoms with van der Waals surface area (Å²) in [6, 6.07) is 3.94. The van der Waals surface area contributed by atoms with Crippen LogP contribution in [-0.4, -0.2) is 15.8 Å². The number of hydrogen-bond acceptors (Lipinski definition) is 7. The number of nitrogen functional groups attached to an aromatic ring is 1. The molecule has 0 aliphatic rings. The van der Waals surface area contributed by atoms with Crippen LogP contribution in [0, 0.1) is 17.0 Å². The molecule has 110 valence electrons. The zero-order chi connectivity index (χ0) is 15.4. The van der Waals surface area contributed by atoms with Crippen LogP contribution in [0.5, 0.6) is 0 Å². The summed E-state index contributed by atoms with van der Waals surface area (Å²) in [5.74, 6) is 4.88. The van der Waals surface area contributed by atoms with Crippen LogP contribution in [0.15, 0.2) is 24.4 Å². The van der Waals surface area contributed by atoms with Gasteiger partial charge in [0, 0.05) is 22.7 Å². The van der Waals surface area contributed by atoms with Crippen molar-refractivity contribution < 1.29 is 9.72 Å². The van der Waals surface area contributed by atoms with Gasteiger partial charge in [0.25, 0.3) is 11.6 Å². The number of carbonyl (C=O) groups is 1. The Balaban J connectivity index is 2.10. The zero-order valence-electron chi connectivity index (χ0n) is 11.1. The second-order valence-electron chi connectivity index (χ2n) is 4.18. The van der Waals surface area contributed by atoms with E-state index in [0.29, 0.717) is 6.54 Å².